The summed E-state index contributed by atoms with van der Waals surface area (Å²) in [5, 5.41) is 1.10. The number of nitrogens with zero attached hydrogens (tertiary/aromatic N) is 2. The molecule has 0 N–H and O–H groups in total. The molecular formula is C34H28Cl2N2O3. The van der Waals surface area contributed by atoms with Crippen LogP contribution in [0, 0.1) is 0 Å². The van der Waals surface area contributed by atoms with Gasteiger partial charge in [0.05, 0.1) is 30.0 Å². The van der Waals surface area contributed by atoms with Crippen molar-refractivity contribution in [2.45, 2.75) is 13.5 Å². The molecule has 0 aliphatic heterocycles. The molecule has 0 radical (unpaired) electrons. The lowest BCUT2D eigenvalue weighted by atomic mass is 10.0. The Bertz CT molecular complexity index is 1670. The first-order valence-corrected chi connectivity index (χ1v) is 13.9. The van der Waals surface area contributed by atoms with Crippen molar-refractivity contribution in [3.05, 3.63) is 130 Å². The summed E-state index contributed by atoms with van der Waals surface area (Å²) in [5.41, 5.74) is 6.35. The van der Waals surface area contributed by atoms with E-state index in [0.717, 1.165) is 45.1 Å². The van der Waals surface area contributed by atoms with Crippen LogP contribution in [0.1, 0.15) is 34.2 Å². The molecule has 0 aliphatic rings. The van der Waals surface area contributed by atoms with E-state index in [-0.39, 0.29) is 5.97 Å². The van der Waals surface area contributed by atoms with Crippen LogP contribution in [0.15, 0.2) is 97.2 Å². The standard InChI is InChI=1S/C34H28Cl2N2O3/c1-3-41-29-16-13-26(14-17-29)25-9-4-23(5-10-25)8-19-33-37-32(30-18-15-28(35)20-31(30)36)22-38(33)21-24-6-11-27(12-7-24)34(39)40-2/h4-20,22H,3,21H2,1-2H3. The Morgan fingerprint density at radius 3 is 2.20 bits per heavy atom. The number of ether oxygens (including phenoxy) is 2. The van der Waals surface area contributed by atoms with E-state index in [0.29, 0.717) is 28.8 Å². The molecule has 1 aromatic heterocycles. The monoisotopic (exact) mass is 582 g/mol. The minimum atomic E-state index is -0.365. The molecule has 1 heterocycles. The molecule has 0 saturated heterocycles. The van der Waals surface area contributed by atoms with Crippen molar-refractivity contribution in [1.82, 2.24) is 9.55 Å². The van der Waals surface area contributed by atoms with Gasteiger partial charge in [-0.25, -0.2) is 9.78 Å². The lowest BCUT2D eigenvalue weighted by Gasteiger charge is -2.07. The van der Waals surface area contributed by atoms with Gasteiger partial charge in [-0.05, 0) is 77.7 Å². The molecule has 0 amide bonds. The van der Waals surface area contributed by atoms with Gasteiger partial charge in [0.2, 0.25) is 0 Å². The van der Waals surface area contributed by atoms with Gasteiger partial charge in [-0.1, -0.05) is 77.8 Å². The highest BCUT2D eigenvalue weighted by atomic mass is 35.5. The second-order valence-electron chi connectivity index (χ2n) is 9.34. The Morgan fingerprint density at radius 2 is 1.56 bits per heavy atom. The number of imidazole rings is 1. The SMILES string of the molecule is CCOc1ccc(-c2ccc(C=Cc3nc(-c4ccc(Cl)cc4Cl)cn3Cc3ccc(C(=O)OC)cc3)cc2)cc1. The number of carbonyl (C=O) groups excluding carboxylic acids is 1. The van der Waals surface area contributed by atoms with E-state index < -0.39 is 0 Å². The van der Waals surface area contributed by atoms with Crippen molar-refractivity contribution in [2.24, 2.45) is 0 Å². The molecule has 7 heteroatoms. The molecule has 5 rings (SSSR count). The van der Waals surface area contributed by atoms with Gasteiger partial charge in [-0.15, -0.1) is 0 Å². The molecule has 0 unspecified atom stereocenters. The van der Waals surface area contributed by atoms with Crippen LogP contribution >= 0.6 is 23.2 Å². The smallest absolute Gasteiger partial charge is 0.337 e. The van der Waals surface area contributed by atoms with Gasteiger partial charge < -0.3 is 14.0 Å². The first-order valence-electron chi connectivity index (χ1n) is 13.1. The molecule has 0 fully saturated rings. The molecule has 0 aliphatic carbocycles. The van der Waals surface area contributed by atoms with Crippen molar-refractivity contribution in [2.75, 3.05) is 13.7 Å². The number of aromatic nitrogens is 2. The summed E-state index contributed by atoms with van der Waals surface area (Å²) in [7, 11) is 1.37. The first kappa shape index (κ1) is 28.2. The van der Waals surface area contributed by atoms with Crippen LogP contribution in [0.4, 0.5) is 0 Å². The van der Waals surface area contributed by atoms with E-state index in [1.54, 1.807) is 24.3 Å². The fourth-order valence-corrected chi connectivity index (χ4v) is 4.95. The third kappa shape index (κ3) is 6.88. The Kier molecular flexibility index (Phi) is 8.88. The minimum absolute atomic E-state index is 0.365. The fourth-order valence-electron chi connectivity index (χ4n) is 4.45. The minimum Gasteiger partial charge on any atom is -0.494 e. The van der Waals surface area contributed by atoms with Crippen molar-refractivity contribution in [1.29, 1.82) is 0 Å². The summed E-state index contributed by atoms with van der Waals surface area (Å²) in [5.74, 6) is 1.26. The van der Waals surface area contributed by atoms with E-state index in [4.69, 9.17) is 37.7 Å². The van der Waals surface area contributed by atoms with Crippen LogP contribution < -0.4 is 4.74 Å². The Hall–Kier alpha value is -4.32. The Morgan fingerprint density at radius 1 is 0.878 bits per heavy atom. The lowest BCUT2D eigenvalue weighted by Crippen LogP contribution is -2.03. The Labute approximate surface area is 249 Å². The van der Waals surface area contributed by atoms with Crippen LogP contribution in [-0.4, -0.2) is 29.2 Å². The van der Waals surface area contributed by atoms with E-state index >= 15 is 0 Å². The number of esters is 1. The number of hydrogen-bond acceptors (Lipinski definition) is 4. The maximum atomic E-state index is 11.8. The number of carbonyl (C=O) groups is 1. The quantitative estimate of drug-likeness (QED) is 0.163. The van der Waals surface area contributed by atoms with Crippen molar-refractivity contribution < 1.29 is 14.3 Å². The number of hydrogen-bond donors (Lipinski definition) is 0. The van der Waals surface area contributed by atoms with Crippen molar-refractivity contribution in [3.8, 4) is 28.1 Å². The zero-order valence-corrected chi connectivity index (χ0v) is 24.2. The lowest BCUT2D eigenvalue weighted by molar-refractivity contribution is 0.0600. The van der Waals surface area contributed by atoms with Crippen LogP contribution in [0.25, 0.3) is 34.5 Å². The molecule has 0 spiro atoms. The molecule has 0 saturated carbocycles. The van der Waals surface area contributed by atoms with Crippen molar-refractivity contribution in [3.63, 3.8) is 0 Å². The molecule has 4 aromatic carbocycles. The van der Waals surface area contributed by atoms with Gasteiger partial charge in [0.25, 0.3) is 0 Å². The summed E-state index contributed by atoms with van der Waals surface area (Å²) in [6.45, 7) is 3.18. The van der Waals surface area contributed by atoms with Crippen LogP contribution in [-0.2, 0) is 11.3 Å². The van der Waals surface area contributed by atoms with Crippen molar-refractivity contribution >= 4 is 41.3 Å². The fraction of sp³-hybridized carbons (Fsp3) is 0.118. The summed E-state index contributed by atoms with van der Waals surface area (Å²) in [6, 6.07) is 29.2. The maximum Gasteiger partial charge on any atom is 0.337 e. The van der Waals surface area contributed by atoms with Gasteiger partial charge >= 0.3 is 5.97 Å². The number of methoxy groups -OCH3 is 1. The number of rotatable bonds is 9. The third-order valence-corrected chi connectivity index (χ3v) is 7.12. The molecule has 41 heavy (non-hydrogen) atoms. The summed E-state index contributed by atoms with van der Waals surface area (Å²) >= 11 is 12.6. The number of benzene rings is 4. The zero-order valence-electron chi connectivity index (χ0n) is 22.7. The van der Waals surface area contributed by atoms with E-state index in [1.807, 2.05) is 55.6 Å². The predicted molar refractivity (Wildman–Crippen MR) is 167 cm³/mol. The largest absolute Gasteiger partial charge is 0.494 e. The summed E-state index contributed by atoms with van der Waals surface area (Å²) < 4.78 is 12.4. The number of halogens is 2. The molecular weight excluding hydrogens is 555 g/mol. The molecule has 5 nitrogen and oxygen atoms in total. The Balaban J connectivity index is 1.41. The van der Waals surface area contributed by atoms with E-state index in [2.05, 4.69) is 41.0 Å². The third-order valence-electron chi connectivity index (χ3n) is 6.58. The first-order chi connectivity index (χ1) is 19.9. The molecule has 5 aromatic rings. The van der Waals surface area contributed by atoms with Gasteiger partial charge in [-0.3, -0.25) is 0 Å². The highest BCUT2D eigenvalue weighted by Crippen LogP contribution is 2.31. The van der Waals surface area contributed by atoms with E-state index in [9.17, 15) is 4.79 Å². The highest BCUT2D eigenvalue weighted by Gasteiger charge is 2.13. The van der Waals surface area contributed by atoms with Crippen LogP contribution in [0.3, 0.4) is 0 Å². The maximum absolute atomic E-state index is 11.8. The van der Waals surface area contributed by atoms with Crippen LogP contribution in [0.5, 0.6) is 5.75 Å². The second kappa shape index (κ2) is 12.9. The summed E-state index contributed by atoms with van der Waals surface area (Å²) in [6.07, 6.45) is 5.99. The second-order valence-corrected chi connectivity index (χ2v) is 10.2. The average Bonchev–Trinajstić information content (AvgIpc) is 3.38. The zero-order chi connectivity index (χ0) is 28.8. The van der Waals surface area contributed by atoms with Gasteiger partial charge in [0, 0.05) is 23.3 Å². The predicted octanol–water partition coefficient (Wildman–Crippen LogP) is 8.93. The van der Waals surface area contributed by atoms with Crippen LogP contribution in [0.2, 0.25) is 10.0 Å². The van der Waals surface area contributed by atoms with Gasteiger partial charge in [0.1, 0.15) is 11.6 Å². The topological polar surface area (TPSA) is 53.4 Å². The van der Waals surface area contributed by atoms with E-state index in [1.165, 1.54) is 7.11 Å². The molecule has 0 bridgehead atoms. The van der Waals surface area contributed by atoms with Gasteiger partial charge in [-0.2, -0.15) is 0 Å². The van der Waals surface area contributed by atoms with Gasteiger partial charge in [0.15, 0.2) is 0 Å². The summed E-state index contributed by atoms with van der Waals surface area (Å²) in [4.78, 5) is 16.7. The normalized spacial score (nSPS) is 11.1. The molecule has 0 atom stereocenters. The average molecular weight is 584 g/mol. The highest BCUT2D eigenvalue weighted by molar-refractivity contribution is 6.36. The molecule has 206 valence electrons.